The maximum atomic E-state index is 5.98. The highest BCUT2D eigenvalue weighted by atomic mass is 35.5. The summed E-state index contributed by atoms with van der Waals surface area (Å²) < 4.78 is 5.96. The van der Waals surface area contributed by atoms with Crippen LogP contribution in [-0.4, -0.2) is 12.1 Å². The van der Waals surface area contributed by atoms with Crippen molar-refractivity contribution in [2.45, 2.75) is 38.0 Å². The van der Waals surface area contributed by atoms with Crippen LogP contribution in [0.4, 0.5) is 0 Å². The molecule has 2 N–H and O–H groups in total. The number of benzene rings is 1. The van der Waals surface area contributed by atoms with Crippen molar-refractivity contribution in [1.29, 1.82) is 0 Å². The highest BCUT2D eigenvalue weighted by molar-refractivity contribution is 5.85. The molecule has 0 bridgehead atoms. The van der Waals surface area contributed by atoms with Crippen LogP contribution in [0.25, 0.3) is 0 Å². The summed E-state index contributed by atoms with van der Waals surface area (Å²) in [6.07, 6.45) is 4.07. The molecule has 2 aliphatic carbocycles. The minimum atomic E-state index is 0. The number of ether oxygens (including phenoxy) is 1. The van der Waals surface area contributed by atoms with E-state index in [0.29, 0.717) is 12.1 Å². The molecule has 3 heteroatoms. The summed E-state index contributed by atoms with van der Waals surface area (Å²) in [6.45, 7) is 0.750. The van der Waals surface area contributed by atoms with E-state index in [9.17, 15) is 0 Å². The van der Waals surface area contributed by atoms with Crippen molar-refractivity contribution in [2.75, 3.05) is 0 Å². The molecule has 0 unspecified atom stereocenters. The van der Waals surface area contributed by atoms with Crippen LogP contribution in [0.5, 0.6) is 0 Å². The van der Waals surface area contributed by atoms with E-state index >= 15 is 0 Å². The number of nitrogens with two attached hydrogens (primary N) is 1. The van der Waals surface area contributed by atoms with Gasteiger partial charge in [-0.15, -0.1) is 12.4 Å². The Kier molecular flexibility index (Phi) is 4.08. The molecule has 4 atom stereocenters. The lowest BCUT2D eigenvalue weighted by Gasteiger charge is -2.37. The van der Waals surface area contributed by atoms with Crippen LogP contribution in [0.1, 0.15) is 24.8 Å². The molecule has 0 heterocycles. The monoisotopic (exact) mass is 253 g/mol. The van der Waals surface area contributed by atoms with Gasteiger partial charge in [0.25, 0.3) is 0 Å². The third-order valence-electron chi connectivity index (χ3n) is 4.16. The zero-order valence-electron chi connectivity index (χ0n) is 9.92. The topological polar surface area (TPSA) is 35.2 Å². The maximum Gasteiger partial charge on any atom is 0.0720 e. The van der Waals surface area contributed by atoms with Gasteiger partial charge in [-0.1, -0.05) is 30.3 Å². The Morgan fingerprint density at radius 3 is 2.53 bits per heavy atom. The third-order valence-corrected chi connectivity index (χ3v) is 4.16. The van der Waals surface area contributed by atoms with Crippen LogP contribution < -0.4 is 5.73 Å². The first-order valence-corrected chi connectivity index (χ1v) is 6.24. The Morgan fingerprint density at radius 1 is 1.12 bits per heavy atom. The molecule has 0 aliphatic heterocycles. The SMILES string of the molecule is Cl.N[C@H]1C[C@@H]2C[C@@H](OCc3ccccc3)C[C@@H]21. The van der Waals surface area contributed by atoms with E-state index in [2.05, 4.69) is 24.3 Å². The van der Waals surface area contributed by atoms with Crippen LogP contribution >= 0.6 is 12.4 Å². The number of halogens is 1. The van der Waals surface area contributed by atoms with E-state index in [4.69, 9.17) is 10.5 Å². The van der Waals surface area contributed by atoms with Crippen LogP contribution in [0.15, 0.2) is 30.3 Å². The molecule has 3 rings (SSSR count). The van der Waals surface area contributed by atoms with Gasteiger partial charge in [0, 0.05) is 6.04 Å². The van der Waals surface area contributed by atoms with E-state index in [0.717, 1.165) is 18.4 Å². The van der Waals surface area contributed by atoms with Crippen molar-refractivity contribution in [3.8, 4) is 0 Å². The molecular formula is C14H20ClNO. The highest BCUT2D eigenvalue weighted by Gasteiger charge is 2.46. The average molecular weight is 254 g/mol. The summed E-state index contributed by atoms with van der Waals surface area (Å²) in [6, 6.07) is 10.9. The van der Waals surface area contributed by atoms with Crippen molar-refractivity contribution in [1.82, 2.24) is 0 Å². The predicted molar refractivity (Wildman–Crippen MR) is 71.1 cm³/mol. The predicted octanol–water partition coefficient (Wildman–Crippen LogP) is 2.75. The minimum Gasteiger partial charge on any atom is -0.374 e. The Morgan fingerprint density at radius 2 is 1.88 bits per heavy atom. The van der Waals surface area contributed by atoms with Crippen LogP contribution in [0.2, 0.25) is 0 Å². The smallest absolute Gasteiger partial charge is 0.0720 e. The Labute approximate surface area is 109 Å². The second-order valence-corrected chi connectivity index (χ2v) is 5.21. The number of hydrogen-bond donors (Lipinski definition) is 1. The van der Waals surface area contributed by atoms with Gasteiger partial charge in [0.05, 0.1) is 12.7 Å². The minimum absolute atomic E-state index is 0. The zero-order chi connectivity index (χ0) is 11.0. The van der Waals surface area contributed by atoms with E-state index in [1.165, 1.54) is 24.8 Å². The van der Waals surface area contributed by atoms with E-state index in [-0.39, 0.29) is 12.4 Å². The first kappa shape index (κ1) is 12.9. The second kappa shape index (κ2) is 5.38. The molecular weight excluding hydrogens is 234 g/mol. The van der Waals surface area contributed by atoms with E-state index in [1.807, 2.05) is 6.07 Å². The van der Waals surface area contributed by atoms with Crippen molar-refractivity contribution < 1.29 is 4.74 Å². The van der Waals surface area contributed by atoms with Gasteiger partial charge in [-0.3, -0.25) is 0 Å². The molecule has 0 amide bonds. The molecule has 0 aromatic heterocycles. The second-order valence-electron chi connectivity index (χ2n) is 5.21. The van der Waals surface area contributed by atoms with Crippen molar-refractivity contribution in [2.24, 2.45) is 17.6 Å². The van der Waals surface area contributed by atoms with Gasteiger partial charge in [0.1, 0.15) is 0 Å². The Balaban J connectivity index is 0.00000108. The fourth-order valence-corrected chi connectivity index (χ4v) is 3.15. The number of rotatable bonds is 3. The van der Waals surface area contributed by atoms with Gasteiger partial charge in [0.2, 0.25) is 0 Å². The Hall–Kier alpha value is -0.570. The molecule has 1 aromatic rings. The molecule has 2 aliphatic rings. The molecule has 94 valence electrons. The summed E-state index contributed by atoms with van der Waals surface area (Å²) >= 11 is 0. The van der Waals surface area contributed by atoms with Crippen LogP contribution in [-0.2, 0) is 11.3 Å². The first-order chi connectivity index (χ1) is 7.83. The third kappa shape index (κ3) is 2.65. The molecule has 1 aromatic carbocycles. The summed E-state index contributed by atoms with van der Waals surface area (Å²) in [5, 5.41) is 0. The van der Waals surface area contributed by atoms with Gasteiger partial charge >= 0.3 is 0 Å². The van der Waals surface area contributed by atoms with Crippen molar-refractivity contribution in [3.63, 3.8) is 0 Å². The van der Waals surface area contributed by atoms with Gasteiger partial charge in [0.15, 0.2) is 0 Å². The molecule has 2 nitrogen and oxygen atoms in total. The molecule has 0 saturated heterocycles. The normalized spacial score (nSPS) is 34.6. The molecule has 0 spiro atoms. The summed E-state index contributed by atoms with van der Waals surface area (Å²) in [4.78, 5) is 0. The van der Waals surface area contributed by atoms with E-state index in [1.54, 1.807) is 0 Å². The summed E-state index contributed by atoms with van der Waals surface area (Å²) in [7, 11) is 0. The summed E-state index contributed by atoms with van der Waals surface area (Å²) in [5.74, 6) is 1.61. The Bertz CT molecular complexity index is 356. The van der Waals surface area contributed by atoms with Crippen LogP contribution in [0, 0.1) is 11.8 Å². The highest BCUT2D eigenvalue weighted by Crippen LogP contribution is 2.47. The fourth-order valence-electron chi connectivity index (χ4n) is 3.15. The van der Waals surface area contributed by atoms with Crippen molar-refractivity contribution in [3.05, 3.63) is 35.9 Å². The van der Waals surface area contributed by atoms with Gasteiger partial charge in [-0.25, -0.2) is 0 Å². The molecule has 2 saturated carbocycles. The maximum absolute atomic E-state index is 5.98. The molecule has 2 fully saturated rings. The van der Waals surface area contributed by atoms with Gasteiger partial charge < -0.3 is 10.5 Å². The van der Waals surface area contributed by atoms with Crippen LogP contribution in [0.3, 0.4) is 0 Å². The largest absolute Gasteiger partial charge is 0.374 e. The summed E-state index contributed by atoms with van der Waals surface area (Å²) in [5.41, 5.74) is 7.25. The lowest BCUT2D eigenvalue weighted by molar-refractivity contribution is 0.0429. The number of hydrogen-bond acceptors (Lipinski definition) is 2. The van der Waals surface area contributed by atoms with Gasteiger partial charge in [-0.05, 0) is 36.7 Å². The van der Waals surface area contributed by atoms with Crippen molar-refractivity contribution >= 4 is 12.4 Å². The lowest BCUT2D eigenvalue weighted by atomic mass is 9.72. The molecule has 0 radical (unpaired) electrons. The molecule has 17 heavy (non-hydrogen) atoms. The number of fused-ring (bicyclic) bond motifs is 1. The lowest BCUT2D eigenvalue weighted by Crippen LogP contribution is -2.44. The first-order valence-electron chi connectivity index (χ1n) is 6.24. The van der Waals surface area contributed by atoms with Gasteiger partial charge in [-0.2, -0.15) is 0 Å². The quantitative estimate of drug-likeness (QED) is 0.899. The standard InChI is InChI=1S/C14H19NO.ClH/c15-14-7-11-6-12(8-13(11)14)16-9-10-4-2-1-3-5-10;/h1-5,11-14H,6-9,15H2;1H/t11-,12+,13-,14-;/m0./s1. The average Bonchev–Trinajstić information content (AvgIpc) is 2.65. The van der Waals surface area contributed by atoms with E-state index < -0.39 is 0 Å². The zero-order valence-corrected chi connectivity index (χ0v) is 10.7. The fraction of sp³-hybridized carbons (Fsp3) is 0.571.